The highest BCUT2D eigenvalue weighted by Crippen LogP contribution is 2.29. The SMILES string of the molecule is Nc1cnccc1N1CCCCC1CCO. The summed E-state index contributed by atoms with van der Waals surface area (Å²) in [4.78, 5) is 6.33. The van der Waals surface area contributed by atoms with Gasteiger partial charge in [-0.1, -0.05) is 0 Å². The first-order valence-electron chi connectivity index (χ1n) is 5.90. The van der Waals surface area contributed by atoms with Gasteiger partial charge in [0.1, 0.15) is 0 Å². The molecule has 4 nitrogen and oxygen atoms in total. The molecule has 3 N–H and O–H groups in total. The molecule has 16 heavy (non-hydrogen) atoms. The third kappa shape index (κ3) is 2.27. The Bertz CT molecular complexity index is 341. The largest absolute Gasteiger partial charge is 0.396 e. The molecule has 1 unspecified atom stereocenters. The summed E-state index contributed by atoms with van der Waals surface area (Å²) in [5.41, 5.74) is 7.74. The van der Waals surface area contributed by atoms with Crippen molar-refractivity contribution in [3.63, 3.8) is 0 Å². The average molecular weight is 221 g/mol. The Morgan fingerprint density at radius 1 is 1.50 bits per heavy atom. The van der Waals surface area contributed by atoms with Gasteiger partial charge in [-0.05, 0) is 31.7 Å². The van der Waals surface area contributed by atoms with E-state index < -0.39 is 0 Å². The molecule has 0 radical (unpaired) electrons. The molecular formula is C12H19N3O. The van der Waals surface area contributed by atoms with Crippen LogP contribution in [-0.4, -0.2) is 29.3 Å². The summed E-state index contributed by atoms with van der Waals surface area (Å²) < 4.78 is 0. The molecule has 2 heterocycles. The molecule has 88 valence electrons. The zero-order valence-electron chi connectivity index (χ0n) is 9.47. The van der Waals surface area contributed by atoms with Gasteiger partial charge in [-0.3, -0.25) is 4.98 Å². The van der Waals surface area contributed by atoms with Crippen LogP contribution in [-0.2, 0) is 0 Å². The molecule has 0 aromatic carbocycles. The fourth-order valence-electron chi connectivity index (χ4n) is 2.43. The number of nitrogens with two attached hydrogens (primary N) is 1. The first-order valence-corrected chi connectivity index (χ1v) is 5.90. The number of nitrogen functional groups attached to an aromatic ring is 1. The summed E-state index contributed by atoms with van der Waals surface area (Å²) in [5.74, 6) is 0. The fraction of sp³-hybridized carbons (Fsp3) is 0.583. The third-order valence-corrected chi connectivity index (χ3v) is 3.23. The second-order valence-corrected chi connectivity index (χ2v) is 4.29. The molecule has 0 saturated carbocycles. The standard InChI is InChI=1S/C12H19N3O/c13-11-9-14-6-4-12(11)15-7-2-1-3-10(15)5-8-16/h4,6,9-10,16H,1-3,5,7-8,13H2. The van der Waals surface area contributed by atoms with Crippen LogP contribution in [0.3, 0.4) is 0 Å². The zero-order chi connectivity index (χ0) is 11.4. The minimum Gasteiger partial charge on any atom is -0.396 e. The molecule has 2 rings (SSSR count). The number of aromatic nitrogens is 1. The lowest BCUT2D eigenvalue weighted by molar-refractivity contribution is 0.262. The summed E-state index contributed by atoms with van der Waals surface area (Å²) in [6, 6.07) is 2.38. The van der Waals surface area contributed by atoms with Gasteiger partial charge in [0, 0.05) is 25.4 Å². The van der Waals surface area contributed by atoms with Crippen LogP contribution in [0, 0.1) is 0 Å². The Morgan fingerprint density at radius 2 is 2.38 bits per heavy atom. The molecule has 0 spiro atoms. The minimum atomic E-state index is 0.242. The van der Waals surface area contributed by atoms with E-state index in [4.69, 9.17) is 10.8 Å². The molecule has 1 saturated heterocycles. The van der Waals surface area contributed by atoms with Crippen molar-refractivity contribution in [1.29, 1.82) is 0 Å². The number of piperidine rings is 1. The van der Waals surface area contributed by atoms with Crippen LogP contribution < -0.4 is 10.6 Å². The molecule has 1 aromatic rings. The maximum Gasteiger partial charge on any atom is 0.0738 e. The molecule has 1 aromatic heterocycles. The van der Waals surface area contributed by atoms with Gasteiger partial charge in [0.15, 0.2) is 0 Å². The average Bonchev–Trinajstić information content (AvgIpc) is 2.31. The van der Waals surface area contributed by atoms with E-state index >= 15 is 0 Å². The van der Waals surface area contributed by atoms with Crippen molar-refractivity contribution >= 4 is 11.4 Å². The van der Waals surface area contributed by atoms with Crippen molar-refractivity contribution in [3.05, 3.63) is 18.5 Å². The van der Waals surface area contributed by atoms with Crippen LogP contribution in [0.25, 0.3) is 0 Å². The quantitative estimate of drug-likeness (QED) is 0.810. The number of hydrogen-bond donors (Lipinski definition) is 2. The summed E-state index contributed by atoms with van der Waals surface area (Å²) in [7, 11) is 0. The van der Waals surface area contributed by atoms with Gasteiger partial charge in [-0.2, -0.15) is 0 Å². The first-order chi connectivity index (χ1) is 7.83. The van der Waals surface area contributed by atoms with Gasteiger partial charge in [0.05, 0.1) is 17.6 Å². The van der Waals surface area contributed by atoms with Crippen LogP contribution in [0.2, 0.25) is 0 Å². The second-order valence-electron chi connectivity index (χ2n) is 4.29. The van der Waals surface area contributed by atoms with Crippen LogP contribution in [0.5, 0.6) is 0 Å². The predicted octanol–water partition coefficient (Wildman–Crippen LogP) is 1.41. The van der Waals surface area contributed by atoms with E-state index in [2.05, 4.69) is 9.88 Å². The van der Waals surface area contributed by atoms with Crippen molar-refractivity contribution in [2.45, 2.75) is 31.7 Å². The molecule has 1 aliphatic heterocycles. The van der Waals surface area contributed by atoms with Gasteiger partial charge < -0.3 is 15.7 Å². The number of hydrogen-bond acceptors (Lipinski definition) is 4. The van der Waals surface area contributed by atoms with E-state index in [0.717, 1.165) is 30.8 Å². The number of aliphatic hydroxyl groups is 1. The van der Waals surface area contributed by atoms with Crippen LogP contribution in [0.15, 0.2) is 18.5 Å². The molecule has 1 aliphatic rings. The smallest absolute Gasteiger partial charge is 0.0738 e. The van der Waals surface area contributed by atoms with E-state index in [1.807, 2.05) is 6.07 Å². The highest BCUT2D eigenvalue weighted by Gasteiger charge is 2.23. The van der Waals surface area contributed by atoms with E-state index in [-0.39, 0.29) is 6.61 Å². The van der Waals surface area contributed by atoms with Crippen molar-refractivity contribution in [2.24, 2.45) is 0 Å². The van der Waals surface area contributed by atoms with E-state index in [1.165, 1.54) is 12.8 Å². The molecule has 0 amide bonds. The monoisotopic (exact) mass is 221 g/mol. The summed E-state index contributed by atoms with van der Waals surface area (Å²) in [6.45, 7) is 1.27. The van der Waals surface area contributed by atoms with Crippen molar-refractivity contribution < 1.29 is 5.11 Å². The molecule has 4 heteroatoms. The van der Waals surface area contributed by atoms with Crippen LogP contribution in [0.4, 0.5) is 11.4 Å². The Morgan fingerprint density at radius 3 is 3.12 bits per heavy atom. The topological polar surface area (TPSA) is 62.4 Å². The fourth-order valence-corrected chi connectivity index (χ4v) is 2.43. The number of nitrogens with zero attached hydrogens (tertiary/aromatic N) is 2. The third-order valence-electron chi connectivity index (χ3n) is 3.23. The van der Waals surface area contributed by atoms with Crippen LogP contribution in [0.1, 0.15) is 25.7 Å². The summed E-state index contributed by atoms with van der Waals surface area (Å²) in [6.07, 6.45) is 7.87. The number of pyridine rings is 1. The highest BCUT2D eigenvalue weighted by atomic mass is 16.3. The van der Waals surface area contributed by atoms with Gasteiger partial charge in [0.25, 0.3) is 0 Å². The maximum atomic E-state index is 9.08. The molecule has 0 bridgehead atoms. The lowest BCUT2D eigenvalue weighted by Gasteiger charge is -2.37. The summed E-state index contributed by atoms with van der Waals surface area (Å²) in [5, 5.41) is 9.08. The number of aliphatic hydroxyl groups excluding tert-OH is 1. The number of anilines is 2. The minimum absolute atomic E-state index is 0.242. The van der Waals surface area contributed by atoms with Crippen molar-refractivity contribution in [1.82, 2.24) is 4.98 Å². The van der Waals surface area contributed by atoms with Gasteiger partial charge >= 0.3 is 0 Å². The Labute approximate surface area is 96.1 Å². The van der Waals surface area contributed by atoms with Crippen molar-refractivity contribution in [3.8, 4) is 0 Å². The van der Waals surface area contributed by atoms with Gasteiger partial charge in [-0.15, -0.1) is 0 Å². The predicted molar refractivity (Wildman–Crippen MR) is 65.3 cm³/mol. The number of rotatable bonds is 3. The lowest BCUT2D eigenvalue weighted by Crippen LogP contribution is -2.40. The molecule has 0 aliphatic carbocycles. The lowest BCUT2D eigenvalue weighted by atomic mass is 9.99. The first kappa shape index (κ1) is 11.2. The Balaban J connectivity index is 2.19. The zero-order valence-corrected chi connectivity index (χ0v) is 9.47. The Kier molecular flexibility index (Phi) is 3.62. The van der Waals surface area contributed by atoms with Crippen molar-refractivity contribution in [2.75, 3.05) is 23.8 Å². The molecule has 1 atom stereocenters. The molecular weight excluding hydrogens is 202 g/mol. The van der Waals surface area contributed by atoms with E-state index in [0.29, 0.717) is 6.04 Å². The highest BCUT2D eigenvalue weighted by molar-refractivity contribution is 5.66. The van der Waals surface area contributed by atoms with E-state index in [1.54, 1.807) is 12.4 Å². The van der Waals surface area contributed by atoms with Gasteiger partial charge in [-0.25, -0.2) is 0 Å². The van der Waals surface area contributed by atoms with Crippen LogP contribution >= 0.6 is 0 Å². The maximum absolute atomic E-state index is 9.08. The Hall–Kier alpha value is -1.29. The normalized spacial score (nSPS) is 21.1. The summed E-state index contributed by atoms with van der Waals surface area (Å²) >= 11 is 0. The van der Waals surface area contributed by atoms with E-state index in [9.17, 15) is 0 Å². The molecule has 1 fully saturated rings. The van der Waals surface area contributed by atoms with Gasteiger partial charge in [0.2, 0.25) is 0 Å². The second kappa shape index (κ2) is 5.16.